The monoisotopic (exact) mass is 315 g/mol. The van der Waals surface area contributed by atoms with Gasteiger partial charge in [-0.25, -0.2) is 0 Å². The van der Waals surface area contributed by atoms with Gasteiger partial charge in [-0.1, -0.05) is 0 Å². The molecule has 2 rings (SSSR count). The topological polar surface area (TPSA) is 29.9 Å². The fourth-order valence-electron chi connectivity index (χ4n) is 1.40. The number of aromatic nitrogens is 2. The van der Waals surface area contributed by atoms with Gasteiger partial charge in [-0.05, 0) is 12.1 Å². The Morgan fingerprint density at radius 1 is 1.37 bits per heavy atom. The van der Waals surface area contributed by atoms with E-state index in [-0.39, 0.29) is 29.9 Å². The molecule has 3 nitrogen and oxygen atoms in total. The van der Waals surface area contributed by atoms with Gasteiger partial charge in [-0.3, -0.25) is 4.68 Å². The molecule has 0 bridgehead atoms. The second-order valence-electron chi connectivity index (χ2n) is 3.60. The number of anilines is 1. The Kier molecular flexibility index (Phi) is 4.81. The van der Waals surface area contributed by atoms with E-state index in [4.69, 9.17) is 0 Å². The van der Waals surface area contributed by atoms with Crippen LogP contribution < -0.4 is 5.32 Å². The van der Waals surface area contributed by atoms with Crippen molar-refractivity contribution in [3.8, 4) is 0 Å². The Morgan fingerprint density at radius 3 is 2.53 bits per heavy atom. The Balaban J connectivity index is 0.00000180. The Labute approximate surface area is 116 Å². The highest BCUT2D eigenvalue weighted by atomic mass is 35.5. The van der Waals surface area contributed by atoms with E-state index in [0.717, 1.165) is 22.1 Å². The van der Waals surface area contributed by atoms with E-state index in [2.05, 4.69) is 10.4 Å². The zero-order chi connectivity index (χ0) is 13.3. The van der Waals surface area contributed by atoms with E-state index in [9.17, 15) is 17.6 Å². The average Bonchev–Trinajstić information content (AvgIpc) is 2.81. The predicted molar refractivity (Wildman–Crippen MR) is 67.1 cm³/mol. The molecule has 1 N–H and O–H groups in total. The largest absolute Gasteiger partial charge is 0.435 e. The predicted octanol–water partition coefficient (Wildman–Crippen LogP) is 3.67. The Morgan fingerprint density at radius 2 is 2.05 bits per heavy atom. The lowest BCUT2D eigenvalue weighted by atomic mass is 10.4. The summed E-state index contributed by atoms with van der Waals surface area (Å²) >= 11 is 0.944. The van der Waals surface area contributed by atoms with Gasteiger partial charge in [-0.2, -0.15) is 22.7 Å². The number of halogens is 5. The number of nitrogens with zero attached hydrogens (tertiary/aromatic N) is 2. The average molecular weight is 316 g/mol. The van der Waals surface area contributed by atoms with Crippen molar-refractivity contribution in [1.29, 1.82) is 0 Å². The van der Waals surface area contributed by atoms with Gasteiger partial charge < -0.3 is 5.32 Å². The lowest BCUT2D eigenvalue weighted by Crippen LogP contribution is -2.06. The van der Waals surface area contributed by atoms with Crippen molar-refractivity contribution in [3.63, 3.8) is 0 Å². The summed E-state index contributed by atoms with van der Waals surface area (Å²) in [5.74, 6) is 0.233. The van der Waals surface area contributed by atoms with Gasteiger partial charge in [0, 0.05) is 18.0 Å². The molecule has 9 heteroatoms. The Bertz CT molecular complexity index is 549. The third-order valence-electron chi connectivity index (χ3n) is 2.24. The molecule has 0 aliphatic heterocycles. The third kappa shape index (κ3) is 3.84. The maximum atomic E-state index is 12.7. The fourth-order valence-corrected chi connectivity index (χ4v) is 2.06. The van der Waals surface area contributed by atoms with Gasteiger partial charge in [0.1, 0.15) is 5.82 Å². The van der Waals surface area contributed by atoms with Crippen molar-refractivity contribution in [2.24, 2.45) is 7.05 Å². The molecule has 0 saturated heterocycles. The van der Waals surface area contributed by atoms with E-state index in [1.54, 1.807) is 6.07 Å². The quantitative estimate of drug-likeness (QED) is 0.876. The first-order valence-electron chi connectivity index (χ1n) is 4.95. The van der Waals surface area contributed by atoms with Gasteiger partial charge in [0.05, 0.1) is 6.54 Å². The van der Waals surface area contributed by atoms with Crippen LogP contribution in [0.25, 0.3) is 0 Å². The molecule has 0 aromatic carbocycles. The second kappa shape index (κ2) is 5.79. The van der Waals surface area contributed by atoms with E-state index in [1.165, 1.54) is 13.1 Å². The number of thiophene rings is 1. The molecule has 0 fully saturated rings. The molecule has 0 atom stereocenters. The van der Waals surface area contributed by atoms with Crippen LogP contribution in [-0.4, -0.2) is 9.78 Å². The lowest BCUT2D eigenvalue weighted by Gasteiger charge is -2.03. The lowest BCUT2D eigenvalue weighted by molar-refractivity contribution is -0.141. The van der Waals surface area contributed by atoms with Crippen LogP contribution >= 0.6 is 23.7 Å². The number of alkyl halides is 3. The smallest absolute Gasteiger partial charge is 0.365 e. The molecule has 0 aliphatic carbocycles. The summed E-state index contributed by atoms with van der Waals surface area (Å²) in [6.45, 7) is 0.255. The molecule has 0 unspecified atom stereocenters. The zero-order valence-corrected chi connectivity index (χ0v) is 11.3. The highest BCUT2D eigenvalue weighted by molar-refractivity contribution is 7.10. The van der Waals surface area contributed by atoms with Crippen molar-refractivity contribution in [3.05, 3.63) is 33.9 Å². The summed E-state index contributed by atoms with van der Waals surface area (Å²) in [4.78, 5) is 0.697. The molecule has 106 valence electrons. The zero-order valence-electron chi connectivity index (χ0n) is 9.66. The van der Waals surface area contributed by atoms with Gasteiger partial charge in [0.15, 0.2) is 10.8 Å². The normalized spacial score (nSPS) is 11.2. The van der Waals surface area contributed by atoms with Crippen LogP contribution in [0.1, 0.15) is 10.6 Å². The first-order chi connectivity index (χ1) is 8.36. The summed E-state index contributed by atoms with van der Waals surface area (Å²) in [6, 6.07) is 3.81. The minimum absolute atomic E-state index is 0. The molecule has 0 saturated carbocycles. The van der Waals surface area contributed by atoms with Crippen molar-refractivity contribution < 1.29 is 17.6 Å². The molecule has 2 heterocycles. The number of hydrogen-bond acceptors (Lipinski definition) is 3. The highest BCUT2D eigenvalue weighted by Gasteiger charge is 2.34. The molecule has 2 aromatic heterocycles. The minimum atomic E-state index is -4.47. The van der Waals surface area contributed by atoms with E-state index in [1.807, 2.05) is 0 Å². The van der Waals surface area contributed by atoms with Crippen LogP contribution in [0.15, 0.2) is 18.2 Å². The van der Waals surface area contributed by atoms with Gasteiger partial charge in [0.25, 0.3) is 0 Å². The number of nitrogens with one attached hydrogen (secondary N) is 1. The molecular formula is C10H10ClF4N3S. The fraction of sp³-hybridized carbons (Fsp3) is 0.300. The molecule has 0 radical (unpaired) electrons. The minimum Gasteiger partial charge on any atom is -0.365 e. The van der Waals surface area contributed by atoms with Crippen LogP contribution in [0, 0.1) is 5.13 Å². The second-order valence-corrected chi connectivity index (χ2v) is 4.71. The molecule has 0 aliphatic rings. The molecule has 2 aromatic rings. The van der Waals surface area contributed by atoms with Crippen LogP contribution in [0.5, 0.6) is 0 Å². The summed E-state index contributed by atoms with van der Waals surface area (Å²) in [5, 5.41) is 5.81. The van der Waals surface area contributed by atoms with Gasteiger partial charge in [0.2, 0.25) is 0 Å². The van der Waals surface area contributed by atoms with Gasteiger partial charge >= 0.3 is 6.18 Å². The van der Waals surface area contributed by atoms with E-state index < -0.39 is 11.9 Å². The van der Waals surface area contributed by atoms with Crippen molar-refractivity contribution in [2.75, 3.05) is 5.32 Å². The van der Waals surface area contributed by atoms with Crippen molar-refractivity contribution in [1.82, 2.24) is 9.78 Å². The number of aryl methyl sites for hydroxylation is 1. The SMILES string of the molecule is Cl.Cn1nc(C(F)(F)F)cc1NCc1ccc(F)s1. The van der Waals surface area contributed by atoms with Crippen LogP contribution in [0.4, 0.5) is 23.4 Å². The molecule has 0 spiro atoms. The number of hydrogen-bond donors (Lipinski definition) is 1. The van der Waals surface area contributed by atoms with Crippen molar-refractivity contribution >= 4 is 29.6 Å². The maximum Gasteiger partial charge on any atom is 0.435 e. The maximum absolute atomic E-state index is 12.7. The van der Waals surface area contributed by atoms with E-state index >= 15 is 0 Å². The standard InChI is InChI=1S/C10H9F4N3S.ClH/c1-17-9(4-7(16-17)10(12,13)14)15-5-6-2-3-8(11)18-6;/h2-4,15H,5H2,1H3;1H. The summed E-state index contributed by atoms with van der Waals surface area (Å²) < 4.78 is 51.0. The van der Waals surface area contributed by atoms with Crippen molar-refractivity contribution in [2.45, 2.75) is 12.7 Å². The number of rotatable bonds is 3. The molecular weight excluding hydrogens is 306 g/mol. The van der Waals surface area contributed by atoms with Gasteiger partial charge in [-0.15, -0.1) is 23.7 Å². The van der Waals surface area contributed by atoms with E-state index in [0.29, 0.717) is 4.88 Å². The summed E-state index contributed by atoms with van der Waals surface area (Å²) in [6.07, 6.45) is -4.47. The first kappa shape index (κ1) is 15.8. The van der Waals surface area contributed by atoms with Crippen LogP contribution in [0.2, 0.25) is 0 Å². The Hall–Kier alpha value is -1.28. The highest BCUT2D eigenvalue weighted by Crippen LogP contribution is 2.29. The molecule has 0 amide bonds. The summed E-state index contributed by atoms with van der Waals surface area (Å²) in [5.41, 5.74) is -0.954. The first-order valence-corrected chi connectivity index (χ1v) is 5.77. The summed E-state index contributed by atoms with van der Waals surface area (Å²) in [7, 11) is 1.41. The van der Waals surface area contributed by atoms with Crippen LogP contribution in [0.3, 0.4) is 0 Å². The molecule has 19 heavy (non-hydrogen) atoms. The van der Waals surface area contributed by atoms with Crippen LogP contribution in [-0.2, 0) is 19.8 Å². The third-order valence-corrected chi connectivity index (χ3v) is 3.12.